The summed E-state index contributed by atoms with van der Waals surface area (Å²) >= 11 is 0. The zero-order chi connectivity index (χ0) is 10.4. The molecule has 0 amide bonds. The Balaban J connectivity index is 0.000000213. The van der Waals surface area contributed by atoms with Gasteiger partial charge in [0.05, 0.1) is 0 Å². The molecule has 0 unspecified atom stereocenters. The first-order valence-corrected chi connectivity index (χ1v) is 4.58. The Kier molecular flexibility index (Phi) is 4.13. The molecular formula is C11H15NO2. The van der Waals surface area contributed by atoms with Gasteiger partial charge in [-0.25, -0.2) is 0 Å². The lowest BCUT2D eigenvalue weighted by Crippen LogP contribution is -2.24. The number of carbonyl (C=O) groups is 1. The zero-order valence-electron chi connectivity index (χ0n) is 8.54. The molecule has 76 valence electrons. The number of rotatable bonds is 0. The van der Waals surface area contributed by atoms with Gasteiger partial charge < -0.3 is 9.53 Å². The highest BCUT2D eigenvalue weighted by atomic mass is 16.5. The third-order valence-electron chi connectivity index (χ3n) is 1.62. The van der Waals surface area contributed by atoms with Crippen LogP contribution in [0.2, 0.25) is 0 Å². The number of para-hydroxylation sites is 1. The molecule has 3 nitrogen and oxygen atoms in total. The van der Waals surface area contributed by atoms with E-state index in [4.69, 9.17) is 4.74 Å². The summed E-state index contributed by atoms with van der Waals surface area (Å²) in [6, 6.07) is 8.08. The van der Waals surface area contributed by atoms with Gasteiger partial charge in [0, 0.05) is 12.1 Å². The molecule has 1 aromatic rings. The molecule has 14 heavy (non-hydrogen) atoms. The fourth-order valence-electron chi connectivity index (χ4n) is 1.11. The molecular weight excluding hydrogens is 178 g/mol. The quantitative estimate of drug-likeness (QED) is 0.681. The minimum Gasteiger partial charge on any atom is -0.478 e. The molecule has 0 spiro atoms. The molecule has 1 aliphatic heterocycles. The van der Waals surface area contributed by atoms with Crippen LogP contribution in [0.15, 0.2) is 24.3 Å². The summed E-state index contributed by atoms with van der Waals surface area (Å²) in [5, 5.41) is 3.12. The van der Waals surface area contributed by atoms with E-state index in [0.29, 0.717) is 6.73 Å². The Morgan fingerprint density at radius 2 is 2.00 bits per heavy atom. The average Bonchev–Trinajstić information content (AvgIpc) is 2.17. The van der Waals surface area contributed by atoms with E-state index in [1.54, 1.807) is 0 Å². The van der Waals surface area contributed by atoms with Crippen LogP contribution < -0.4 is 10.1 Å². The molecule has 0 fully saturated rings. The third-order valence-corrected chi connectivity index (χ3v) is 1.62. The standard InChI is InChI=1S/C8H9NO.C3H6O/c1-2-4-8-7(3-1)5-9-6-10-8;1-3(2)4/h1-4,9H,5-6H2;1-2H3. The highest BCUT2D eigenvalue weighted by molar-refractivity contribution is 5.72. The highest BCUT2D eigenvalue weighted by Gasteiger charge is 2.05. The van der Waals surface area contributed by atoms with Crippen LogP contribution in [0.5, 0.6) is 5.75 Å². The first kappa shape index (κ1) is 10.7. The van der Waals surface area contributed by atoms with Gasteiger partial charge in [-0.1, -0.05) is 18.2 Å². The van der Waals surface area contributed by atoms with Crippen molar-refractivity contribution < 1.29 is 9.53 Å². The van der Waals surface area contributed by atoms with Gasteiger partial charge in [0.15, 0.2) is 0 Å². The van der Waals surface area contributed by atoms with Gasteiger partial charge in [-0.05, 0) is 19.9 Å². The molecule has 0 saturated carbocycles. The van der Waals surface area contributed by atoms with Crippen LogP contribution >= 0.6 is 0 Å². The van der Waals surface area contributed by atoms with E-state index in [-0.39, 0.29) is 5.78 Å². The predicted molar refractivity (Wildman–Crippen MR) is 55.1 cm³/mol. The molecule has 0 aliphatic carbocycles. The van der Waals surface area contributed by atoms with Crippen molar-refractivity contribution in [2.45, 2.75) is 20.4 Å². The van der Waals surface area contributed by atoms with Crippen molar-refractivity contribution in [3.63, 3.8) is 0 Å². The Hall–Kier alpha value is -1.35. The van der Waals surface area contributed by atoms with E-state index in [9.17, 15) is 4.79 Å². The number of nitrogens with one attached hydrogen (secondary N) is 1. The Bertz CT molecular complexity index is 281. The van der Waals surface area contributed by atoms with Gasteiger partial charge >= 0.3 is 0 Å². The molecule has 0 aromatic heterocycles. The number of ether oxygens (including phenoxy) is 1. The van der Waals surface area contributed by atoms with Crippen molar-refractivity contribution in [3.8, 4) is 5.75 Å². The molecule has 0 atom stereocenters. The Labute approximate surface area is 84.1 Å². The smallest absolute Gasteiger partial charge is 0.139 e. The van der Waals surface area contributed by atoms with Crippen molar-refractivity contribution in [2.75, 3.05) is 6.73 Å². The lowest BCUT2D eigenvalue weighted by Gasteiger charge is -2.17. The lowest BCUT2D eigenvalue weighted by molar-refractivity contribution is -0.114. The van der Waals surface area contributed by atoms with E-state index in [0.717, 1.165) is 12.3 Å². The maximum Gasteiger partial charge on any atom is 0.139 e. The van der Waals surface area contributed by atoms with Crippen LogP contribution in [-0.2, 0) is 11.3 Å². The van der Waals surface area contributed by atoms with E-state index < -0.39 is 0 Å². The van der Waals surface area contributed by atoms with Crippen molar-refractivity contribution in [1.82, 2.24) is 5.32 Å². The van der Waals surface area contributed by atoms with Gasteiger partial charge in [-0.3, -0.25) is 5.32 Å². The van der Waals surface area contributed by atoms with Crippen LogP contribution in [0.1, 0.15) is 19.4 Å². The molecule has 0 radical (unpaired) electrons. The maximum absolute atomic E-state index is 9.44. The van der Waals surface area contributed by atoms with Crippen LogP contribution in [-0.4, -0.2) is 12.5 Å². The van der Waals surface area contributed by atoms with Crippen molar-refractivity contribution in [2.24, 2.45) is 0 Å². The normalized spacial score (nSPS) is 13.0. The second kappa shape index (κ2) is 5.40. The first-order valence-electron chi connectivity index (χ1n) is 4.58. The summed E-state index contributed by atoms with van der Waals surface area (Å²) in [6.45, 7) is 4.62. The van der Waals surface area contributed by atoms with Crippen LogP contribution in [0.25, 0.3) is 0 Å². The molecule has 1 aromatic carbocycles. The monoisotopic (exact) mass is 193 g/mol. The number of fused-ring (bicyclic) bond motifs is 1. The average molecular weight is 193 g/mol. The molecule has 0 saturated heterocycles. The van der Waals surface area contributed by atoms with E-state index >= 15 is 0 Å². The first-order chi connectivity index (χ1) is 6.70. The summed E-state index contributed by atoms with van der Waals surface area (Å²) < 4.78 is 5.31. The number of carbonyl (C=O) groups excluding carboxylic acids is 1. The van der Waals surface area contributed by atoms with Gasteiger partial charge in [-0.2, -0.15) is 0 Å². The SMILES string of the molecule is CC(C)=O.c1ccc2c(c1)CNCO2. The summed E-state index contributed by atoms with van der Waals surface area (Å²) in [7, 11) is 0. The van der Waals surface area contributed by atoms with Crippen molar-refractivity contribution >= 4 is 5.78 Å². The fourth-order valence-corrected chi connectivity index (χ4v) is 1.11. The predicted octanol–water partition coefficient (Wildman–Crippen LogP) is 1.72. The second-order valence-corrected chi connectivity index (χ2v) is 3.23. The number of ketones is 1. The molecule has 1 aliphatic rings. The van der Waals surface area contributed by atoms with Crippen LogP contribution in [0.3, 0.4) is 0 Å². The lowest BCUT2D eigenvalue weighted by atomic mass is 10.2. The number of hydrogen-bond acceptors (Lipinski definition) is 3. The Morgan fingerprint density at radius 3 is 2.64 bits per heavy atom. The third kappa shape index (κ3) is 3.58. The van der Waals surface area contributed by atoms with E-state index in [1.807, 2.05) is 18.2 Å². The van der Waals surface area contributed by atoms with E-state index in [1.165, 1.54) is 19.4 Å². The minimum absolute atomic E-state index is 0.167. The van der Waals surface area contributed by atoms with Crippen molar-refractivity contribution in [1.29, 1.82) is 0 Å². The molecule has 1 N–H and O–H groups in total. The fraction of sp³-hybridized carbons (Fsp3) is 0.364. The highest BCUT2D eigenvalue weighted by Crippen LogP contribution is 2.19. The molecule has 3 heteroatoms. The van der Waals surface area contributed by atoms with Gasteiger partial charge in [0.25, 0.3) is 0 Å². The summed E-state index contributed by atoms with van der Waals surface area (Å²) in [6.07, 6.45) is 0. The molecule has 1 heterocycles. The van der Waals surface area contributed by atoms with Gasteiger partial charge in [0.1, 0.15) is 18.3 Å². The number of benzene rings is 1. The number of hydrogen-bond donors (Lipinski definition) is 1. The van der Waals surface area contributed by atoms with Crippen LogP contribution in [0, 0.1) is 0 Å². The van der Waals surface area contributed by atoms with E-state index in [2.05, 4.69) is 11.4 Å². The summed E-state index contributed by atoms with van der Waals surface area (Å²) in [5.74, 6) is 1.18. The van der Waals surface area contributed by atoms with Crippen molar-refractivity contribution in [3.05, 3.63) is 29.8 Å². The summed E-state index contributed by atoms with van der Waals surface area (Å²) in [4.78, 5) is 9.44. The summed E-state index contributed by atoms with van der Waals surface area (Å²) in [5.41, 5.74) is 1.24. The minimum atomic E-state index is 0.167. The Morgan fingerprint density at radius 1 is 1.36 bits per heavy atom. The second-order valence-electron chi connectivity index (χ2n) is 3.23. The topological polar surface area (TPSA) is 38.3 Å². The zero-order valence-corrected chi connectivity index (χ0v) is 8.54. The van der Waals surface area contributed by atoms with Gasteiger partial charge in [0.2, 0.25) is 0 Å². The molecule has 2 rings (SSSR count). The number of Topliss-reactive ketones (excluding diaryl/α,β-unsaturated/α-hetero) is 1. The maximum atomic E-state index is 9.44. The largest absolute Gasteiger partial charge is 0.478 e. The van der Waals surface area contributed by atoms with Gasteiger partial charge in [-0.15, -0.1) is 0 Å². The van der Waals surface area contributed by atoms with Crippen LogP contribution in [0.4, 0.5) is 0 Å². The molecule has 0 bridgehead atoms.